The van der Waals surface area contributed by atoms with Gasteiger partial charge in [0.15, 0.2) is 5.82 Å². The Bertz CT molecular complexity index is 1250. The monoisotopic (exact) mass is 582 g/mol. The molecule has 166 valence electrons. The Kier molecular flexibility index (Phi) is 6.06. The van der Waals surface area contributed by atoms with Gasteiger partial charge in [0.1, 0.15) is 17.0 Å². The summed E-state index contributed by atoms with van der Waals surface area (Å²) in [5.74, 6) is -1.51. The van der Waals surface area contributed by atoms with Crippen LogP contribution in [0.15, 0.2) is 24.3 Å². The molecular formula is C18H17F2IN4O4S2. The van der Waals surface area contributed by atoms with Gasteiger partial charge in [-0.3, -0.25) is 4.72 Å². The quantitative estimate of drug-likeness (QED) is 0.301. The molecule has 4 N–H and O–H groups in total. The van der Waals surface area contributed by atoms with Crippen LogP contribution in [-0.4, -0.2) is 45.7 Å². The first-order valence-electron chi connectivity index (χ1n) is 9.14. The standard InChI is InChI=1S/C18H17F2IN4O4S2/c19-11-5-9(21)1-2-12(11)22-16-13(6-14-17(15(16)20)23-25-30-14)24-31(28,29)18(3-4-18)7-10(27)8-26/h1-2,5-6,10,22,24,26-27H,3-4,7-8H2. The van der Waals surface area contributed by atoms with Crippen molar-refractivity contribution in [3.05, 3.63) is 39.5 Å². The summed E-state index contributed by atoms with van der Waals surface area (Å²) in [5, 5.41) is 25.2. The number of hydrogen-bond donors (Lipinski definition) is 4. The highest BCUT2D eigenvalue weighted by Gasteiger charge is 2.55. The summed E-state index contributed by atoms with van der Waals surface area (Å²) in [7, 11) is -4.07. The molecule has 0 aliphatic heterocycles. The fourth-order valence-electron chi connectivity index (χ4n) is 3.28. The van der Waals surface area contributed by atoms with Gasteiger partial charge < -0.3 is 15.5 Å². The lowest BCUT2D eigenvalue weighted by Crippen LogP contribution is -2.34. The third-order valence-corrected chi connectivity index (χ3v) is 8.66. The lowest BCUT2D eigenvalue weighted by molar-refractivity contribution is 0.0858. The van der Waals surface area contributed by atoms with E-state index in [2.05, 4.69) is 19.6 Å². The van der Waals surface area contributed by atoms with Crippen molar-refractivity contribution < 1.29 is 27.4 Å². The molecule has 1 aliphatic carbocycles. The molecule has 1 heterocycles. The highest BCUT2D eigenvalue weighted by molar-refractivity contribution is 14.1. The van der Waals surface area contributed by atoms with Crippen LogP contribution < -0.4 is 10.0 Å². The summed E-state index contributed by atoms with van der Waals surface area (Å²) in [6, 6.07) is 5.67. The lowest BCUT2D eigenvalue weighted by Gasteiger charge is -2.22. The minimum Gasteiger partial charge on any atom is -0.394 e. The highest BCUT2D eigenvalue weighted by Crippen LogP contribution is 2.49. The topological polar surface area (TPSA) is 124 Å². The first kappa shape index (κ1) is 22.5. The molecule has 0 bridgehead atoms. The fraction of sp³-hybridized carbons (Fsp3) is 0.333. The zero-order valence-electron chi connectivity index (χ0n) is 15.8. The molecule has 0 spiro atoms. The maximum Gasteiger partial charge on any atom is 0.238 e. The summed E-state index contributed by atoms with van der Waals surface area (Å²) < 4.78 is 61.5. The van der Waals surface area contributed by atoms with Crippen molar-refractivity contribution in [2.45, 2.75) is 30.1 Å². The molecule has 1 saturated carbocycles. The SMILES string of the molecule is O=S(=O)(Nc1cc2snnc2c(F)c1Nc1ccc(I)cc1F)C1(CC(O)CO)CC1. The van der Waals surface area contributed by atoms with E-state index < -0.39 is 39.1 Å². The molecule has 8 nitrogen and oxygen atoms in total. The van der Waals surface area contributed by atoms with Gasteiger partial charge in [0.05, 0.1) is 33.5 Å². The van der Waals surface area contributed by atoms with Gasteiger partial charge in [-0.15, -0.1) is 5.10 Å². The van der Waals surface area contributed by atoms with Crippen LogP contribution in [-0.2, 0) is 10.0 Å². The zero-order chi connectivity index (χ0) is 22.4. The second-order valence-corrected chi connectivity index (χ2v) is 11.4. The van der Waals surface area contributed by atoms with Crippen molar-refractivity contribution in [2.24, 2.45) is 0 Å². The van der Waals surface area contributed by atoms with Crippen molar-refractivity contribution in [1.82, 2.24) is 9.59 Å². The number of anilines is 3. The van der Waals surface area contributed by atoms with E-state index >= 15 is 4.39 Å². The van der Waals surface area contributed by atoms with Gasteiger partial charge in [-0.2, -0.15) is 0 Å². The number of aromatic nitrogens is 2. The van der Waals surface area contributed by atoms with Gasteiger partial charge >= 0.3 is 0 Å². The summed E-state index contributed by atoms with van der Waals surface area (Å²) in [5.41, 5.74) is -0.529. The number of aliphatic hydroxyl groups is 2. The Morgan fingerprint density at radius 2 is 2.00 bits per heavy atom. The molecule has 2 aromatic carbocycles. The van der Waals surface area contributed by atoms with Crippen molar-refractivity contribution >= 4 is 71.4 Å². The number of benzene rings is 2. The van der Waals surface area contributed by atoms with Crippen LogP contribution in [0.25, 0.3) is 10.2 Å². The minimum atomic E-state index is -4.07. The molecule has 0 amide bonds. The summed E-state index contributed by atoms with van der Waals surface area (Å²) >= 11 is 2.82. The van der Waals surface area contributed by atoms with Crippen LogP contribution in [0.5, 0.6) is 0 Å². The summed E-state index contributed by atoms with van der Waals surface area (Å²) in [6.45, 7) is -0.566. The number of sulfonamides is 1. The molecule has 1 unspecified atom stereocenters. The van der Waals surface area contributed by atoms with Crippen LogP contribution >= 0.6 is 34.1 Å². The Morgan fingerprint density at radius 1 is 1.26 bits per heavy atom. The molecule has 1 aliphatic rings. The summed E-state index contributed by atoms with van der Waals surface area (Å²) in [6.07, 6.45) is -0.760. The third kappa shape index (κ3) is 4.33. The van der Waals surface area contributed by atoms with Crippen LogP contribution in [0.1, 0.15) is 19.3 Å². The number of halogens is 3. The van der Waals surface area contributed by atoms with E-state index in [1.807, 2.05) is 22.6 Å². The van der Waals surface area contributed by atoms with Crippen LogP contribution in [0.3, 0.4) is 0 Å². The third-order valence-electron chi connectivity index (χ3n) is 5.12. The van der Waals surface area contributed by atoms with Crippen LogP contribution in [0.4, 0.5) is 25.8 Å². The number of nitrogens with zero attached hydrogens (tertiary/aromatic N) is 2. The van der Waals surface area contributed by atoms with E-state index in [1.54, 1.807) is 6.07 Å². The number of hydrogen-bond acceptors (Lipinski definition) is 8. The van der Waals surface area contributed by atoms with E-state index in [9.17, 15) is 17.9 Å². The van der Waals surface area contributed by atoms with Gasteiger partial charge in [-0.25, -0.2) is 17.2 Å². The normalized spacial score (nSPS) is 16.3. The molecule has 1 atom stereocenters. The predicted octanol–water partition coefficient (Wildman–Crippen LogP) is 3.34. The number of fused-ring (bicyclic) bond motifs is 1. The molecule has 1 fully saturated rings. The molecule has 0 radical (unpaired) electrons. The van der Waals surface area contributed by atoms with Gasteiger partial charge in [-0.1, -0.05) is 4.49 Å². The minimum absolute atomic E-state index is 0.0425. The first-order valence-corrected chi connectivity index (χ1v) is 12.5. The highest BCUT2D eigenvalue weighted by atomic mass is 127. The van der Waals surface area contributed by atoms with Gasteiger partial charge in [0.25, 0.3) is 0 Å². The van der Waals surface area contributed by atoms with Gasteiger partial charge in [0, 0.05) is 3.57 Å². The second-order valence-electron chi connectivity index (χ2n) is 7.31. The Labute approximate surface area is 194 Å². The van der Waals surface area contributed by atoms with E-state index in [-0.39, 0.29) is 29.0 Å². The maximum atomic E-state index is 15.2. The van der Waals surface area contributed by atoms with Crippen molar-refractivity contribution in [2.75, 3.05) is 16.6 Å². The average Bonchev–Trinajstić information content (AvgIpc) is 3.35. The van der Waals surface area contributed by atoms with E-state index in [0.29, 0.717) is 21.1 Å². The van der Waals surface area contributed by atoms with E-state index in [4.69, 9.17) is 5.11 Å². The fourth-order valence-corrected chi connectivity index (χ4v) is 6.05. The van der Waals surface area contributed by atoms with E-state index in [1.165, 1.54) is 18.2 Å². The maximum absolute atomic E-state index is 15.2. The smallest absolute Gasteiger partial charge is 0.238 e. The largest absolute Gasteiger partial charge is 0.394 e. The average molecular weight is 582 g/mol. The van der Waals surface area contributed by atoms with E-state index in [0.717, 1.165) is 11.5 Å². The molecule has 1 aromatic heterocycles. The molecule has 0 saturated heterocycles. The van der Waals surface area contributed by atoms with Crippen molar-refractivity contribution in [1.29, 1.82) is 0 Å². The zero-order valence-corrected chi connectivity index (χ0v) is 19.6. The Balaban J connectivity index is 1.76. The Hall–Kier alpha value is -1.68. The number of nitrogens with one attached hydrogen (secondary N) is 2. The molecular weight excluding hydrogens is 565 g/mol. The van der Waals surface area contributed by atoms with Crippen LogP contribution in [0.2, 0.25) is 0 Å². The number of rotatable bonds is 8. The summed E-state index contributed by atoms with van der Waals surface area (Å²) in [4.78, 5) is 0. The lowest BCUT2D eigenvalue weighted by atomic mass is 10.2. The molecule has 4 rings (SSSR count). The van der Waals surface area contributed by atoms with Crippen molar-refractivity contribution in [3.8, 4) is 0 Å². The second kappa shape index (κ2) is 8.35. The number of aliphatic hydroxyl groups excluding tert-OH is 2. The molecule has 3 aromatic rings. The van der Waals surface area contributed by atoms with Crippen molar-refractivity contribution in [3.63, 3.8) is 0 Å². The van der Waals surface area contributed by atoms with Crippen LogP contribution in [0, 0.1) is 15.2 Å². The predicted molar refractivity (Wildman–Crippen MR) is 122 cm³/mol. The van der Waals surface area contributed by atoms with Gasteiger partial charge in [0.2, 0.25) is 10.0 Å². The van der Waals surface area contributed by atoms with Gasteiger partial charge in [-0.05, 0) is 77.7 Å². The molecule has 13 heteroatoms. The molecule has 31 heavy (non-hydrogen) atoms. The Morgan fingerprint density at radius 3 is 2.65 bits per heavy atom. The first-order chi connectivity index (χ1) is 14.7.